The van der Waals surface area contributed by atoms with Crippen molar-refractivity contribution in [2.75, 3.05) is 13.2 Å². The Morgan fingerprint density at radius 3 is 2.83 bits per heavy atom. The molecule has 0 heterocycles. The van der Waals surface area contributed by atoms with Crippen molar-refractivity contribution in [1.29, 1.82) is 0 Å². The van der Waals surface area contributed by atoms with Crippen LogP contribution in [0.15, 0.2) is 23.2 Å². The van der Waals surface area contributed by atoms with Crippen molar-refractivity contribution < 1.29 is 9.13 Å². The molecule has 0 bridgehead atoms. The lowest BCUT2D eigenvalue weighted by Gasteiger charge is -2.06. The zero-order valence-corrected chi connectivity index (χ0v) is 10.9. The molecular formula is C13H20FN3O. The van der Waals surface area contributed by atoms with Gasteiger partial charge in [-0.05, 0) is 31.0 Å². The summed E-state index contributed by atoms with van der Waals surface area (Å²) in [7, 11) is 0. The molecule has 5 heteroatoms. The van der Waals surface area contributed by atoms with Crippen LogP contribution in [0.5, 0.6) is 5.75 Å². The lowest BCUT2D eigenvalue weighted by molar-refractivity contribution is 0.321. The molecule has 0 unspecified atom stereocenters. The average Bonchev–Trinajstić information content (AvgIpc) is 2.37. The lowest BCUT2D eigenvalue weighted by Crippen LogP contribution is -2.32. The molecular weight excluding hydrogens is 233 g/mol. The first-order valence-electron chi connectivity index (χ1n) is 6.12. The number of nitrogens with two attached hydrogens (primary N) is 1. The first kappa shape index (κ1) is 14.3. The number of nitrogens with zero attached hydrogens (tertiary/aromatic N) is 1. The van der Waals surface area contributed by atoms with Crippen LogP contribution in [0, 0.1) is 5.82 Å². The van der Waals surface area contributed by atoms with E-state index in [1.54, 1.807) is 12.1 Å². The summed E-state index contributed by atoms with van der Waals surface area (Å²) in [6.45, 7) is 5.45. The standard InChI is InChI=1S/C13H20FN3O/c1-3-7-16-13(15)17-9-10-5-6-12(18-4-2)11(14)8-10/h5-6,8H,3-4,7,9H2,1-2H3,(H3,15,16,17). The molecule has 100 valence electrons. The molecule has 0 spiro atoms. The number of halogens is 1. The van der Waals surface area contributed by atoms with E-state index < -0.39 is 0 Å². The Balaban J connectivity index is 2.60. The number of hydrogen-bond acceptors (Lipinski definition) is 2. The molecule has 1 aromatic rings. The summed E-state index contributed by atoms with van der Waals surface area (Å²) in [5, 5.41) is 2.96. The van der Waals surface area contributed by atoms with E-state index in [0.29, 0.717) is 19.1 Å². The predicted molar refractivity (Wildman–Crippen MR) is 71.2 cm³/mol. The van der Waals surface area contributed by atoms with Crippen LogP contribution in [-0.2, 0) is 6.54 Å². The number of aliphatic imine (C=N–C) groups is 1. The quantitative estimate of drug-likeness (QED) is 0.602. The van der Waals surface area contributed by atoms with Crippen LogP contribution in [-0.4, -0.2) is 19.1 Å². The number of hydrogen-bond donors (Lipinski definition) is 2. The van der Waals surface area contributed by atoms with Crippen LogP contribution in [0.3, 0.4) is 0 Å². The van der Waals surface area contributed by atoms with Crippen molar-refractivity contribution in [3.05, 3.63) is 29.6 Å². The van der Waals surface area contributed by atoms with Crippen LogP contribution < -0.4 is 15.8 Å². The summed E-state index contributed by atoms with van der Waals surface area (Å²) in [4.78, 5) is 4.12. The van der Waals surface area contributed by atoms with E-state index in [2.05, 4.69) is 10.3 Å². The molecule has 0 saturated heterocycles. The molecule has 0 aliphatic carbocycles. The Morgan fingerprint density at radius 1 is 1.44 bits per heavy atom. The second-order valence-corrected chi connectivity index (χ2v) is 3.83. The number of rotatable bonds is 6. The smallest absolute Gasteiger partial charge is 0.188 e. The second kappa shape index (κ2) is 7.53. The molecule has 0 saturated carbocycles. The summed E-state index contributed by atoms with van der Waals surface area (Å²) in [5.74, 6) is 0.276. The van der Waals surface area contributed by atoms with Crippen LogP contribution in [0.1, 0.15) is 25.8 Å². The van der Waals surface area contributed by atoms with Gasteiger partial charge in [0, 0.05) is 6.54 Å². The molecule has 4 nitrogen and oxygen atoms in total. The zero-order chi connectivity index (χ0) is 13.4. The van der Waals surface area contributed by atoms with E-state index in [-0.39, 0.29) is 11.6 Å². The summed E-state index contributed by atoms with van der Waals surface area (Å²) < 4.78 is 18.7. The van der Waals surface area contributed by atoms with Gasteiger partial charge in [-0.15, -0.1) is 0 Å². The van der Waals surface area contributed by atoms with Crippen molar-refractivity contribution in [3.63, 3.8) is 0 Å². The van der Waals surface area contributed by atoms with Gasteiger partial charge >= 0.3 is 0 Å². The maximum atomic E-state index is 13.5. The van der Waals surface area contributed by atoms with Crippen molar-refractivity contribution in [3.8, 4) is 5.75 Å². The number of benzene rings is 1. The minimum Gasteiger partial charge on any atom is -0.491 e. The third-order valence-corrected chi connectivity index (χ3v) is 2.28. The molecule has 0 radical (unpaired) electrons. The number of nitrogens with one attached hydrogen (secondary N) is 1. The summed E-state index contributed by atoms with van der Waals surface area (Å²) in [5.41, 5.74) is 6.41. The minimum absolute atomic E-state index is 0.266. The fraction of sp³-hybridized carbons (Fsp3) is 0.462. The molecule has 1 aromatic carbocycles. The van der Waals surface area contributed by atoms with Crippen LogP contribution in [0.4, 0.5) is 4.39 Å². The van der Waals surface area contributed by atoms with Gasteiger partial charge in [-0.25, -0.2) is 9.38 Å². The Bertz CT molecular complexity index is 407. The third-order valence-electron chi connectivity index (χ3n) is 2.28. The highest BCUT2D eigenvalue weighted by atomic mass is 19.1. The first-order valence-corrected chi connectivity index (χ1v) is 6.12. The van der Waals surface area contributed by atoms with Gasteiger partial charge in [0.25, 0.3) is 0 Å². The molecule has 0 aliphatic heterocycles. The van der Waals surface area contributed by atoms with E-state index in [0.717, 1.165) is 18.5 Å². The van der Waals surface area contributed by atoms with Gasteiger partial charge in [0.05, 0.1) is 13.2 Å². The summed E-state index contributed by atoms with van der Waals surface area (Å²) >= 11 is 0. The fourth-order valence-corrected chi connectivity index (χ4v) is 1.40. The largest absolute Gasteiger partial charge is 0.491 e. The lowest BCUT2D eigenvalue weighted by atomic mass is 10.2. The van der Waals surface area contributed by atoms with Crippen molar-refractivity contribution in [2.45, 2.75) is 26.8 Å². The van der Waals surface area contributed by atoms with Gasteiger partial charge in [0.1, 0.15) is 0 Å². The van der Waals surface area contributed by atoms with Gasteiger partial charge < -0.3 is 15.8 Å². The van der Waals surface area contributed by atoms with E-state index >= 15 is 0 Å². The Kier molecular flexibility index (Phi) is 5.97. The van der Waals surface area contributed by atoms with Crippen LogP contribution >= 0.6 is 0 Å². The molecule has 0 amide bonds. The highest BCUT2D eigenvalue weighted by Crippen LogP contribution is 2.18. The number of ether oxygens (including phenoxy) is 1. The maximum absolute atomic E-state index is 13.5. The third kappa shape index (κ3) is 4.61. The molecule has 0 aliphatic rings. The molecule has 0 atom stereocenters. The van der Waals surface area contributed by atoms with Crippen LogP contribution in [0.25, 0.3) is 0 Å². The molecule has 0 aromatic heterocycles. The highest BCUT2D eigenvalue weighted by molar-refractivity contribution is 5.77. The average molecular weight is 253 g/mol. The molecule has 0 fully saturated rings. The molecule has 18 heavy (non-hydrogen) atoms. The normalized spacial score (nSPS) is 11.4. The predicted octanol–water partition coefficient (Wildman–Crippen LogP) is 2.04. The SMILES string of the molecule is CCCNC(N)=NCc1ccc(OCC)c(F)c1. The van der Waals surface area contributed by atoms with Gasteiger partial charge in [0.15, 0.2) is 17.5 Å². The van der Waals surface area contributed by atoms with Gasteiger partial charge in [-0.1, -0.05) is 13.0 Å². The van der Waals surface area contributed by atoms with Crippen molar-refractivity contribution in [1.82, 2.24) is 5.32 Å². The Labute approximate surface area is 107 Å². The topological polar surface area (TPSA) is 59.6 Å². The van der Waals surface area contributed by atoms with E-state index in [9.17, 15) is 4.39 Å². The fourth-order valence-electron chi connectivity index (χ4n) is 1.40. The van der Waals surface area contributed by atoms with E-state index in [1.165, 1.54) is 6.07 Å². The Hall–Kier alpha value is -1.78. The monoisotopic (exact) mass is 253 g/mol. The minimum atomic E-state index is -0.371. The van der Waals surface area contributed by atoms with Gasteiger partial charge in [-0.2, -0.15) is 0 Å². The summed E-state index contributed by atoms with van der Waals surface area (Å²) in [6, 6.07) is 4.81. The van der Waals surface area contributed by atoms with Crippen molar-refractivity contribution in [2.24, 2.45) is 10.7 Å². The van der Waals surface area contributed by atoms with Gasteiger partial charge in [0.2, 0.25) is 0 Å². The molecule has 1 rings (SSSR count). The molecule has 3 N–H and O–H groups in total. The first-order chi connectivity index (χ1) is 8.67. The van der Waals surface area contributed by atoms with Crippen molar-refractivity contribution >= 4 is 5.96 Å². The zero-order valence-electron chi connectivity index (χ0n) is 10.9. The number of guanidine groups is 1. The van der Waals surface area contributed by atoms with Gasteiger partial charge in [-0.3, -0.25) is 0 Å². The van der Waals surface area contributed by atoms with Crippen LogP contribution in [0.2, 0.25) is 0 Å². The maximum Gasteiger partial charge on any atom is 0.188 e. The second-order valence-electron chi connectivity index (χ2n) is 3.83. The highest BCUT2D eigenvalue weighted by Gasteiger charge is 2.03. The Morgan fingerprint density at radius 2 is 2.22 bits per heavy atom. The van der Waals surface area contributed by atoms with E-state index in [4.69, 9.17) is 10.5 Å². The van der Waals surface area contributed by atoms with E-state index in [1.807, 2.05) is 13.8 Å². The summed E-state index contributed by atoms with van der Waals surface area (Å²) in [6.07, 6.45) is 0.980.